The van der Waals surface area contributed by atoms with Crippen LogP contribution < -0.4 is 5.32 Å². The molecule has 1 aromatic rings. The fraction of sp³-hybridized carbons (Fsp3) is 0.529. The van der Waals surface area contributed by atoms with E-state index in [0.717, 1.165) is 10.4 Å². The van der Waals surface area contributed by atoms with Gasteiger partial charge in [0, 0.05) is 24.4 Å². The Morgan fingerprint density at radius 2 is 2.00 bits per heavy atom. The third-order valence-corrected chi connectivity index (χ3v) is 6.36. The predicted molar refractivity (Wildman–Crippen MR) is 105 cm³/mol. The molecule has 0 radical (unpaired) electrons. The van der Waals surface area contributed by atoms with Crippen molar-refractivity contribution in [3.63, 3.8) is 0 Å². The molecule has 0 bridgehead atoms. The molecule has 1 saturated heterocycles. The number of amidine groups is 1. The number of methoxy groups -OCH3 is 1. The van der Waals surface area contributed by atoms with Crippen LogP contribution in [0.1, 0.15) is 41.1 Å². The molecule has 0 unspecified atom stereocenters. The largest absolute Gasteiger partial charge is 0.465 e. The molecule has 2 amide bonds. The maximum absolute atomic E-state index is 12.5. The minimum atomic E-state index is -0.496. The molecule has 2 rings (SSSR count). The highest BCUT2D eigenvalue weighted by molar-refractivity contribution is 8.15. The van der Waals surface area contributed by atoms with E-state index in [9.17, 15) is 14.4 Å². The van der Waals surface area contributed by atoms with E-state index < -0.39 is 11.2 Å². The average molecular weight is 398 g/mol. The molecule has 1 aliphatic heterocycles. The summed E-state index contributed by atoms with van der Waals surface area (Å²) in [6, 6.07) is 0. The van der Waals surface area contributed by atoms with Gasteiger partial charge in [0.05, 0.1) is 12.7 Å². The van der Waals surface area contributed by atoms with Gasteiger partial charge in [-0.05, 0) is 33.3 Å². The molecule has 2 heterocycles. The first-order chi connectivity index (χ1) is 12.3. The highest BCUT2D eigenvalue weighted by Gasteiger charge is 2.38. The summed E-state index contributed by atoms with van der Waals surface area (Å²) >= 11 is 2.64. The lowest BCUT2D eigenvalue weighted by molar-refractivity contribution is -0.128. The molecule has 7 nitrogen and oxygen atoms in total. The summed E-state index contributed by atoms with van der Waals surface area (Å²) in [4.78, 5) is 43.8. The molecule has 0 spiro atoms. The van der Waals surface area contributed by atoms with Crippen molar-refractivity contribution in [3.8, 4) is 0 Å². The van der Waals surface area contributed by atoms with Gasteiger partial charge in [-0.1, -0.05) is 11.8 Å². The molecule has 142 valence electrons. The Bertz CT molecular complexity index is 757. The number of aryl methyl sites for hydroxylation is 1. The monoisotopic (exact) mass is 397 g/mol. The fourth-order valence-corrected chi connectivity index (χ4v) is 4.93. The number of carbonyl (C=O) groups excluding carboxylic acids is 3. The topological polar surface area (TPSA) is 88.1 Å². The molecular formula is C17H23N3O4S2. The number of hydrogen-bond acceptors (Lipinski definition) is 7. The zero-order valence-corrected chi connectivity index (χ0v) is 17.2. The molecule has 1 aromatic heterocycles. The lowest BCUT2D eigenvalue weighted by atomic mass is 10.1. The number of amides is 2. The Morgan fingerprint density at radius 1 is 1.31 bits per heavy atom. The van der Waals surface area contributed by atoms with Crippen LogP contribution in [0.15, 0.2) is 4.99 Å². The predicted octanol–water partition coefficient (Wildman–Crippen LogP) is 2.82. The lowest BCUT2D eigenvalue weighted by Crippen LogP contribution is -2.33. The van der Waals surface area contributed by atoms with E-state index in [0.29, 0.717) is 28.8 Å². The second kappa shape index (κ2) is 8.68. The summed E-state index contributed by atoms with van der Waals surface area (Å²) in [7, 11) is 1.31. The third-order valence-electron chi connectivity index (χ3n) is 4.03. The number of anilines is 1. The van der Waals surface area contributed by atoms with Crippen molar-refractivity contribution >= 4 is 51.1 Å². The minimum Gasteiger partial charge on any atom is -0.465 e. The van der Waals surface area contributed by atoms with E-state index in [1.165, 1.54) is 30.2 Å². The first kappa shape index (κ1) is 20.4. The summed E-state index contributed by atoms with van der Waals surface area (Å²) in [6.45, 7) is 8.59. The van der Waals surface area contributed by atoms with Crippen LogP contribution in [0.5, 0.6) is 0 Å². The SMILES string of the molecule is CCN=C1S[C@H](CC(=O)Nc2sc(C)c(C)c2C(=O)OC)C(=O)N1CC. The van der Waals surface area contributed by atoms with Crippen molar-refractivity contribution in [1.82, 2.24) is 4.90 Å². The highest BCUT2D eigenvalue weighted by Crippen LogP contribution is 2.34. The fourth-order valence-electron chi connectivity index (χ4n) is 2.60. The van der Waals surface area contributed by atoms with Gasteiger partial charge in [-0.3, -0.25) is 19.5 Å². The van der Waals surface area contributed by atoms with Crippen molar-refractivity contribution in [2.75, 3.05) is 25.5 Å². The molecular weight excluding hydrogens is 374 g/mol. The Hall–Kier alpha value is -1.87. The van der Waals surface area contributed by atoms with E-state index in [4.69, 9.17) is 4.74 Å². The average Bonchev–Trinajstić information content (AvgIpc) is 3.04. The Morgan fingerprint density at radius 3 is 2.58 bits per heavy atom. The molecule has 0 aliphatic carbocycles. The van der Waals surface area contributed by atoms with Crippen molar-refractivity contribution in [2.45, 2.75) is 39.4 Å². The maximum atomic E-state index is 12.5. The molecule has 0 aromatic carbocycles. The minimum absolute atomic E-state index is 0.0271. The summed E-state index contributed by atoms with van der Waals surface area (Å²) < 4.78 is 4.81. The number of carbonyl (C=O) groups is 3. The number of nitrogens with zero attached hydrogens (tertiary/aromatic N) is 2. The number of thiophene rings is 1. The van der Waals surface area contributed by atoms with Gasteiger partial charge in [0.1, 0.15) is 10.3 Å². The molecule has 1 fully saturated rings. The standard InChI is InChI=1S/C17H23N3O4S2/c1-6-18-17-20(7-2)15(22)11(26-17)8-12(21)19-14-13(16(23)24-5)9(3)10(4)25-14/h11H,6-8H2,1-5H3,(H,19,21)/t11-/m1/s1. The van der Waals surface area contributed by atoms with E-state index in [1.54, 1.807) is 4.90 Å². The first-order valence-electron chi connectivity index (χ1n) is 8.34. The second-order valence-electron chi connectivity index (χ2n) is 5.68. The van der Waals surface area contributed by atoms with Crippen LogP contribution in [0.3, 0.4) is 0 Å². The van der Waals surface area contributed by atoms with E-state index in [-0.39, 0.29) is 18.2 Å². The number of nitrogens with one attached hydrogen (secondary N) is 1. The normalized spacial score (nSPS) is 18.5. The summed E-state index contributed by atoms with van der Waals surface area (Å²) in [6.07, 6.45) is 0.0271. The van der Waals surface area contributed by atoms with Crippen molar-refractivity contribution in [2.24, 2.45) is 4.99 Å². The van der Waals surface area contributed by atoms with Gasteiger partial charge in [-0.25, -0.2) is 4.79 Å². The van der Waals surface area contributed by atoms with Crippen LogP contribution in [-0.2, 0) is 14.3 Å². The Kier molecular flexibility index (Phi) is 6.82. The van der Waals surface area contributed by atoms with Crippen LogP contribution in [-0.4, -0.2) is 53.3 Å². The zero-order chi connectivity index (χ0) is 19.4. The van der Waals surface area contributed by atoms with Crippen molar-refractivity contribution in [3.05, 3.63) is 16.0 Å². The maximum Gasteiger partial charge on any atom is 0.341 e. The van der Waals surface area contributed by atoms with E-state index in [2.05, 4.69) is 10.3 Å². The second-order valence-corrected chi connectivity index (χ2v) is 8.07. The molecule has 1 atom stereocenters. The molecule has 9 heteroatoms. The zero-order valence-electron chi connectivity index (χ0n) is 15.5. The van der Waals surface area contributed by atoms with E-state index >= 15 is 0 Å². The number of hydrogen-bond donors (Lipinski definition) is 1. The van der Waals surface area contributed by atoms with Gasteiger partial charge in [0.25, 0.3) is 0 Å². The Labute approximate surface area is 161 Å². The smallest absolute Gasteiger partial charge is 0.341 e. The third kappa shape index (κ3) is 4.09. The van der Waals surface area contributed by atoms with Crippen LogP contribution in [0.2, 0.25) is 0 Å². The molecule has 1 N–H and O–H groups in total. The van der Waals surface area contributed by atoms with Gasteiger partial charge >= 0.3 is 5.97 Å². The number of esters is 1. The lowest BCUT2D eigenvalue weighted by Gasteiger charge is -2.13. The molecule has 0 saturated carbocycles. The summed E-state index contributed by atoms with van der Waals surface area (Å²) in [5.74, 6) is -0.898. The highest BCUT2D eigenvalue weighted by atomic mass is 32.2. The number of thioether (sulfide) groups is 1. The van der Waals surface area contributed by atoms with Crippen LogP contribution >= 0.6 is 23.1 Å². The quantitative estimate of drug-likeness (QED) is 0.746. The van der Waals surface area contributed by atoms with Gasteiger partial charge < -0.3 is 10.1 Å². The van der Waals surface area contributed by atoms with E-state index in [1.807, 2.05) is 27.7 Å². The number of rotatable bonds is 6. The van der Waals surface area contributed by atoms with Gasteiger partial charge in [-0.2, -0.15) is 0 Å². The summed E-state index contributed by atoms with van der Waals surface area (Å²) in [5.41, 5.74) is 1.16. The first-order valence-corrected chi connectivity index (χ1v) is 10.0. The van der Waals surface area contributed by atoms with Crippen molar-refractivity contribution < 1.29 is 19.1 Å². The molecule has 1 aliphatic rings. The Balaban J connectivity index is 2.13. The van der Waals surface area contributed by atoms with Crippen LogP contribution in [0.4, 0.5) is 5.00 Å². The van der Waals surface area contributed by atoms with Gasteiger partial charge in [0.15, 0.2) is 5.17 Å². The summed E-state index contributed by atoms with van der Waals surface area (Å²) in [5, 5.41) is 3.40. The van der Waals surface area contributed by atoms with Gasteiger partial charge in [0.2, 0.25) is 11.8 Å². The van der Waals surface area contributed by atoms with Gasteiger partial charge in [-0.15, -0.1) is 11.3 Å². The van der Waals surface area contributed by atoms with Crippen LogP contribution in [0.25, 0.3) is 0 Å². The number of ether oxygens (including phenoxy) is 1. The van der Waals surface area contributed by atoms with Crippen molar-refractivity contribution in [1.29, 1.82) is 0 Å². The molecule has 26 heavy (non-hydrogen) atoms. The number of aliphatic imine (C=N–C) groups is 1. The van der Waals surface area contributed by atoms with Crippen LogP contribution in [0, 0.1) is 13.8 Å².